The van der Waals surface area contributed by atoms with E-state index >= 15 is 0 Å². The highest BCUT2D eigenvalue weighted by Gasteiger charge is 2.58. The smallest absolute Gasteiger partial charge is 0.234 e. The fourth-order valence-corrected chi connectivity index (χ4v) is 8.22. The number of hydrogen-bond donors (Lipinski definition) is 1. The van der Waals surface area contributed by atoms with Gasteiger partial charge in [0.05, 0.1) is 6.54 Å². The first-order chi connectivity index (χ1) is 17.6. The zero-order chi connectivity index (χ0) is 24.5. The van der Waals surface area contributed by atoms with Crippen molar-refractivity contribution in [2.24, 2.45) is 11.8 Å². The third-order valence-electron chi connectivity index (χ3n) is 10.0. The second-order valence-corrected chi connectivity index (χ2v) is 12.3. The lowest BCUT2D eigenvalue weighted by atomic mass is 9.50. The monoisotopic (exact) mass is 485 g/mol. The summed E-state index contributed by atoms with van der Waals surface area (Å²) in [6.45, 7) is 7.50. The van der Waals surface area contributed by atoms with Crippen LogP contribution >= 0.6 is 0 Å². The Labute approximate surface area is 217 Å². The molecule has 2 aromatic rings. The molecule has 2 saturated heterocycles. The molecule has 7 rings (SSSR count). The predicted octanol–water partition coefficient (Wildman–Crippen LogP) is 5.42. The first-order valence-corrected chi connectivity index (χ1v) is 14.5. The van der Waals surface area contributed by atoms with Crippen LogP contribution in [0.1, 0.15) is 74.8 Å². The van der Waals surface area contributed by atoms with Gasteiger partial charge < -0.3 is 5.32 Å². The summed E-state index contributed by atoms with van der Waals surface area (Å²) < 4.78 is 0. The van der Waals surface area contributed by atoms with E-state index in [0.29, 0.717) is 24.3 Å². The average Bonchev–Trinajstić information content (AvgIpc) is 3.43. The summed E-state index contributed by atoms with van der Waals surface area (Å²) in [6, 6.07) is 22.6. The van der Waals surface area contributed by atoms with Crippen LogP contribution in [0.15, 0.2) is 60.7 Å². The van der Waals surface area contributed by atoms with Gasteiger partial charge in [0.1, 0.15) is 0 Å². The number of rotatable bonds is 6. The van der Waals surface area contributed by atoms with Gasteiger partial charge in [-0.3, -0.25) is 14.6 Å². The maximum atomic E-state index is 13.4. The van der Waals surface area contributed by atoms with Crippen LogP contribution < -0.4 is 5.32 Å². The number of amides is 1. The third-order valence-corrected chi connectivity index (χ3v) is 10.0. The molecule has 5 aliphatic rings. The topological polar surface area (TPSA) is 35.6 Å². The third kappa shape index (κ3) is 4.75. The lowest BCUT2D eigenvalue weighted by molar-refractivity contribution is -0.126. The van der Waals surface area contributed by atoms with Crippen LogP contribution in [0.25, 0.3) is 0 Å². The van der Waals surface area contributed by atoms with E-state index in [1.165, 1.54) is 62.7 Å². The maximum absolute atomic E-state index is 13.4. The van der Waals surface area contributed by atoms with Gasteiger partial charge in [-0.15, -0.1) is 0 Å². The van der Waals surface area contributed by atoms with E-state index in [-0.39, 0.29) is 17.5 Å². The fraction of sp³-hybridized carbons (Fsp3) is 0.594. The normalized spacial score (nSPS) is 33.6. The van der Waals surface area contributed by atoms with Crippen molar-refractivity contribution in [1.29, 1.82) is 0 Å². The van der Waals surface area contributed by atoms with Gasteiger partial charge in [-0.25, -0.2) is 0 Å². The van der Waals surface area contributed by atoms with Crippen LogP contribution in [0.3, 0.4) is 0 Å². The fourth-order valence-electron chi connectivity index (χ4n) is 8.22. The number of carbonyl (C=O) groups is 1. The van der Waals surface area contributed by atoms with Crippen molar-refractivity contribution >= 4 is 5.91 Å². The van der Waals surface area contributed by atoms with Crippen LogP contribution in [0.4, 0.5) is 0 Å². The van der Waals surface area contributed by atoms with Crippen LogP contribution in [-0.2, 0) is 4.79 Å². The molecule has 1 N–H and O–H groups in total. The SMILES string of the molecule is CC1CCN(C23C[C@H](c4ccccc4)C([C@@H](c4ccccc4)C2)[C@H](NC(=O)CN2CCCC2)C3)CC1. The van der Waals surface area contributed by atoms with E-state index in [0.717, 1.165) is 25.4 Å². The van der Waals surface area contributed by atoms with Crippen LogP contribution in [-0.4, -0.2) is 60.0 Å². The molecular weight excluding hydrogens is 442 g/mol. The molecule has 3 aliphatic carbocycles. The zero-order valence-electron chi connectivity index (χ0n) is 21.9. The molecule has 4 nitrogen and oxygen atoms in total. The Balaban J connectivity index is 1.37. The highest BCUT2D eigenvalue weighted by atomic mass is 16.2. The van der Waals surface area contributed by atoms with Crippen LogP contribution in [0.2, 0.25) is 0 Å². The van der Waals surface area contributed by atoms with Crippen molar-refractivity contribution in [1.82, 2.24) is 15.1 Å². The number of likely N-dealkylation sites (tertiary alicyclic amines) is 2. The molecule has 2 heterocycles. The number of benzene rings is 2. The number of carbonyl (C=O) groups excluding carboxylic acids is 1. The van der Waals surface area contributed by atoms with E-state index in [2.05, 4.69) is 82.7 Å². The standard InChI is InChI=1S/C32H43N3O/c1-24-14-18-35(19-15-24)32-20-27(25-10-4-2-5-11-25)31(28(21-32)26-12-6-3-7-13-26)29(22-32)33-30(36)23-34-16-8-9-17-34/h2-7,10-13,24,27-29,31H,8-9,14-23H2,1H3,(H,33,36)/t27-,28-,29-,31?,32?/m1/s1. The van der Waals surface area contributed by atoms with Crippen molar-refractivity contribution < 1.29 is 4.79 Å². The van der Waals surface area contributed by atoms with E-state index in [1.54, 1.807) is 0 Å². The van der Waals surface area contributed by atoms with Gasteiger partial charge >= 0.3 is 0 Å². The van der Waals surface area contributed by atoms with Crippen molar-refractivity contribution in [3.05, 3.63) is 71.8 Å². The Morgan fingerprint density at radius 3 is 1.94 bits per heavy atom. The number of piperidine rings is 1. The Hall–Kier alpha value is -2.17. The lowest BCUT2D eigenvalue weighted by Gasteiger charge is -2.63. The average molecular weight is 486 g/mol. The molecular formula is C32H43N3O. The highest BCUT2D eigenvalue weighted by molar-refractivity contribution is 5.78. The molecule has 1 amide bonds. The number of nitrogens with zero attached hydrogens (tertiary/aromatic N) is 2. The second-order valence-electron chi connectivity index (χ2n) is 12.3. The predicted molar refractivity (Wildman–Crippen MR) is 146 cm³/mol. The Morgan fingerprint density at radius 1 is 0.833 bits per heavy atom. The summed E-state index contributed by atoms with van der Waals surface area (Å²) in [7, 11) is 0. The summed E-state index contributed by atoms with van der Waals surface area (Å²) in [5.74, 6) is 2.42. The zero-order valence-corrected chi connectivity index (χ0v) is 21.9. The first-order valence-electron chi connectivity index (χ1n) is 14.5. The molecule has 2 bridgehead atoms. The quantitative estimate of drug-likeness (QED) is 0.594. The highest BCUT2D eigenvalue weighted by Crippen LogP contribution is 2.60. The summed E-state index contributed by atoms with van der Waals surface area (Å²) in [6.07, 6.45) is 8.58. The minimum atomic E-state index is 0.154. The molecule has 0 aromatic heterocycles. The van der Waals surface area contributed by atoms with Crippen molar-refractivity contribution in [3.63, 3.8) is 0 Å². The van der Waals surface area contributed by atoms with Gasteiger partial charge in [0.25, 0.3) is 0 Å². The van der Waals surface area contributed by atoms with Gasteiger partial charge in [-0.2, -0.15) is 0 Å². The molecule has 192 valence electrons. The number of fused-ring (bicyclic) bond motifs is 3. The summed E-state index contributed by atoms with van der Waals surface area (Å²) in [5, 5.41) is 3.64. The summed E-state index contributed by atoms with van der Waals surface area (Å²) in [4.78, 5) is 18.6. The molecule has 4 heteroatoms. The molecule has 0 spiro atoms. The molecule has 3 saturated carbocycles. The first kappa shape index (κ1) is 24.2. The van der Waals surface area contributed by atoms with Gasteiger partial charge in [0.15, 0.2) is 0 Å². The number of hydrogen-bond acceptors (Lipinski definition) is 3. The van der Waals surface area contributed by atoms with Crippen molar-refractivity contribution in [3.8, 4) is 0 Å². The molecule has 5 fully saturated rings. The Kier molecular flexibility index (Phi) is 6.92. The van der Waals surface area contributed by atoms with Gasteiger partial charge in [-0.1, -0.05) is 67.6 Å². The molecule has 36 heavy (non-hydrogen) atoms. The van der Waals surface area contributed by atoms with E-state index in [4.69, 9.17) is 0 Å². The summed E-state index contributed by atoms with van der Waals surface area (Å²) >= 11 is 0. The van der Waals surface area contributed by atoms with Crippen molar-refractivity contribution in [2.75, 3.05) is 32.7 Å². The van der Waals surface area contributed by atoms with Gasteiger partial charge in [0.2, 0.25) is 5.91 Å². The maximum Gasteiger partial charge on any atom is 0.234 e. The molecule has 0 radical (unpaired) electrons. The van der Waals surface area contributed by atoms with E-state index in [9.17, 15) is 4.79 Å². The van der Waals surface area contributed by atoms with Gasteiger partial charge in [-0.05, 0) is 106 Å². The minimum Gasteiger partial charge on any atom is -0.352 e. The van der Waals surface area contributed by atoms with E-state index in [1.807, 2.05) is 0 Å². The van der Waals surface area contributed by atoms with Crippen LogP contribution in [0, 0.1) is 11.8 Å². The second kappa shape index (κ2) is 10.3. The molecule has 3 atom stereocenters. The largest absolute Gasteiger partial charge is 0.352 e. The van der Waals surface area contributed by atoms with Crippen LogP contribution in [0.5, 0.6) is 0 Å². The Morgan fingerprint density at radius 2 is 1.39 bits per heavy atom. The molecule has 2 aromatic carbocycles. The lowest BCUT2D eigenvalue weighted by Crippen LogP contribution is -2.66. The van der Waals surface area contributed by atoms with E-state index < -0.39 is 0 Å². The molecule has 0 unspecified atom stereocenters. The molecule has 2 aliphatic heterocycles. The number of nitrogens with one attached hydrogen (secondary N) is 1. The van der Waals surface area contributed by atoms with Crippen molar-refractivity contribution in [2.45, 2.75) is 75.3 Å². The Bertz CT molecular complexity index is 961. The minimum absolute atomic E-state index is 0.154. The summed E-state index contributed by atoms with van der Waals surface area (Å²) in [5.41, 5.74) is 3.06. The van der Waals surface area contributed by atoms with Gasteiger partial charge in [0, 0.05) is 11.6 Å².